The van der Waals surface area contributed by atoms with E-state index in [0.717, 1.165) is 11.3 Å². The third-order valence-electron chi connectivity index (χ3n) is 5.70. The molecule has 0 amide bonds. The Bertz CT molecular complexity index is 950. The first-order chi connectivity index (χ1) is 16.2. The molecule has 2 rings (SSSR count). The number of hydrogen-bond donors (Lipinski definition) is 2. The molecule has 0 aliphatic heterocycles. The van der Waals surface area contributed by atoms with Crippen molar-refractivity contribution >= 4 is 11.9 Å². The van der Waals surface area contributed by atoms with Gasteiger partial charge in [0, 0.05) is 24.4 Å². The van der Waals surface area contributed by atoms with Crippen LogP contribution in [0.2, 0.25) is 0 Å². The molecular weight excluding hydrogens is 436 g/mol. The fraction of sp³-hybridized carbons (Fsp3) is 0.462. The van der Waals surface area contributed by atoms with E-state index in [2.05, 4.69) is 0 Å². The van der Waals surface area contributed by atoms with Crippen molar-refractivity contribution in [3.63, 3.8) is 0 Å². The lowest BCUT2D eigenvalue weighted by Gasteiger charge is -2.31. The number of hydrogen-bond acceptors (Lipinski definition) is 8. The van der Waals surface area contributed by atoms with Crippen LogP contribution in [0.15, 0.2) is 48.5 Å². The monoisotopic (exact) mass is 472 g/mol. The van der Waals surface area contributed by atoms with Gasteiger partial charge in [-0.2, -0.15) is 0 Å². The summed E-state index contributed by atoms with van der Waals surface area (Å²) in [5.41, 5.74) is 12.9. The highest BCUT2D eigenvalue weighted by Gasteiger charge is 2.34. The van der Waals surface area contributed by atoms with E-state index in [1.54, 1.807) is 52.3 Å². The molecule has 0 fully saturated rings. The Kier molecular flexibility index (Phi) is 10.3. The predicted molar refractivity (Wildman–Crippen MR) is 129 cm³/mol. The number of benzene rings is 2. The number of methoxy groups -OCH3 is 2. The van der Waals surface area contributed by atoms with Gasteiger partial charge in [0.1, 0.15) is 11.5 Å². The largest absolute Gasteiger partial charge is 0.497 e. The molecule has 0 heterocycles. The highest BCUT2D eigenvalue weighted by molar-refractivity contribution is 5.72. The molecule has 34 heavy (non-hydrogen) atoms. The first-order valence-corrected chi connectivity index (χ1v) is 11.4. The fourth-order valence-corrected chi connectivity index (χ4v) is 3.43. The minimum absolute atomic E-state index is 0.0166. The van der Waals surface area contributed by atoms with Gasteiger partial charge in [-0.15, -0.1) is 0 Å². The Morgan fingerprint density at radius 1 is 1.00 bits per heavy atom. The van der Waals surface area contributed by atoms with E-state index in [-0.39, 0.29) is 31.5 Å². The number of esters is 2. The van der Waals surface area contributed by atoms with Crippen molar-refractivity contribution in [1.29, 1.82) is 0 Å². The number of ether oxygens (including phenoxy) is 4. The fourth-order valence-electron chi connectivity index (χ4n) is 3.43. The second-order valence-corrected chi connectivity index (χ2v) is 8.23. The zero-order chi connectivity index (χ0) is 25.1. The third kappa shape index (κ3) is 7.74. The summed E-state index contributed by atoms with van der Waals surface area (Å²) in [5.74, 6) is 0.0641. The van der Waals surface area contributed by atoms with Gasteiger partial charge in [0.25, 0.3) is 0 Å². The van der Waals surface area contributed by atoms with Crippen LogP contribution in [-0.2, 0) is 24.8 Å². The Hall–Kier alpha value is -3.10. The van der Waals surface area contributed by atoms with Crippen LogP contribution < -0.4 is 20.9 Å². The summed E-state index contributed by atoms with van der Waals surface area (Å²) in [7, 11) is 3.15. The molecule has 2 aromatic carbocycles. The van der Waals surface area contributed by atoms with Gasteiger partial charge in [-0.05, 0) is 42.7 Å². The summed E-state index contributed by atoms with van der Waals surface area (Å²) >= 11 is 0. The van der Waals surface area contributed by atoms with Gasteiger partial charge in [-0.3, -0.25) is 15.3 Å². The van der Waals surface area contributed by atoms with Gasteiger partial charge >= 0.3 is 11.9 Å². The molecule has 0 bridgehead atoms. The van der Waals surface area contributed by atoms with Gasteiger partial charge < -0.3 is 24.7 Å². The van der Waals surface area contributed by atoms with Crippen molar-refractivity contribution in [3.8, 4) is 11.5 Å². The van der Waals surface area contributed by atoms with Gasteiger partial charge in [0.2, 0.25) is 0 Å². The highest BCUT2D eigenvalue weighted by Crippen LogP contribution is 2.30. The SMILES string of the molecule is CCC(=O)OCCC(N)(OC(=O)C(C)CCC(N)c1cccc(OC)c1)c1cccc(OC)c1. The van der Waals surface area contributed by atoms with Crippen LogP contribution in [0.25, 0.3) is 0 Å². The summed E-state index contributed by atoms with van der Waals surface area (Å²) < 4.78 is 21.5. The summed E-state index contributed by atoms with van der Waals surface area (Å²) in [4.78, 5) is 24.5. The zero-order valence-corrected chi connectivity index (χ0v) is 20.4. The maximum absolute atomic E-state index is 13.0. The number of carbonyl (C=O) groups excluding carboxylic acids is 2. The van der Waals surface area contributed by atoms with Crippen LogP contribution in [-0.4, -0.2) is 32.8 Å². The molecule has 4 N–H and O–H groups in total. The van der Waals surface area contributed by atoms with Crippen molar-refractivity contribution in [2.24, 2.45) is 17.4 Å². The standard InChI is InChI=1S/C26H36N2O6/c1-5-24(29)33-15-14-26(28,20-9-7-11-22(17-20)32-4)34-25(30)18(2)12-13-23(27)19-8-6-10-21(16-19)31-3/h6-11,16-18,23H,5,12-15,27-28H2,1-4H3. The molecule has 0 radical (unpaired) electrons. The van der Waals surface area contributed by atoms with Gasteiger partial charge in [0.05, 0.1) is 26.7 Å². The average molecular weight is 473 g/mol. The maximum atomic E-state index is 13.0. The zero-order valence-electron chi connectivity index (χ0n) is 20.4. The molecule has 8 heteroatoms. The summed E-state index contributed by atoms with van der Waals surface area (Å²) in [6.45, 7) is 3.50. The Labute approximate surface area is 201 Å². The average Bonchev–Trinajstić information content (AvgIpc) is 2.86. The Morgan fingerprint density at radius 3 is 2.29 bits per heavy atom. The molecule has 0 aliphatic carbocycles. The van der Waals surface area contributed by atoms with E-state index >= 15 is 0 Å². The van der Waals surface area contributed by atoms with E-state index < -0.39 is 17.6 Å². The summed E-state index contributed by atoms with van der Waals surface area (Å²) in [6, 6.07) is 14.3. The smallest absolute Gasteiger partial charge is 0.310 e. The van der Waals surface area contributed by atoms with Crippen molar-refractivity contribution in [2.45, 2.75) is 51.3 Å². The van der Waals surface area contributed by atoms with E-state index in [1.165, 1.54) is 0 Å². The molecule has 0 aromatic heterocycles. The minimum Gasteiger partial charge on any atom is -0.497 e. The van der Waals surface area contributed by atoms with Crippen molar-refractivity contribution < 1.29 is 28.5 Å². The number of nitrogens with two attached hydrogens (primary N) is 2. The first kappa shape index (κ1) is 27.1. The molecule has 2 aromatic rings. The van der Waals surface area contributed by atoms with E-state index in [1.807, 2.05) is 24.3 Å². The molecule has 186 valence electrons. The molecule has 8 nitrogen and oxygen atoms in total. The summed E-state index contributed by atoms with van der Waals surface area (Å²) in [6.07, 6.45) is 1.44. The van der Waals surface area contributed by atoms with Gasteiger partial charge in [-0.25, -0.2) is 0 Å². The number of carbonyl (C=O) groups is 2. The lowest BCUT2D eigenvalue weighted by molar-refractivity contribution is -0.168. The second-order valence-electron chi connectivity index (χ2n) is 8.23. The van der Waals surface area contributed by atoms with E-state index in [4.69, 9.17) is 30.4 Å². The van der Waals surface area contributed by atoms with Crippen LogP contribution in [0, 0.1) is 5.92 Å². The molecule has 0 aliphatic rings. The highest BCUT2D eigenvalue weighted by atomic mass is 16.6. The van der Waals surface area contributed by atoms with Crippen LogP contribution in [0.3, 0.4) is 0 Å². The van der Waals surface area contributed by atoms with E-state index in [0.29, 0.717) is 24.2 Å². The lowest BCUT2D eigenvalue weighted by Crippen LogP contribution is -2.44. The topological polar surface area (TPSA) is 123 Å². The molecule has 0 saturated carbocycles. The van der Waals surface area contributed by atoms with Crippen molar-refractivity contribution in [3.05, 3.63) is 59.7 Å². The molecular formula is C26H36N2O6. The Morgan fingerprint density at radius 2 is 1.65 bits per heavy atom. The second kappa shape index (κ2) is 13.0. The minimum atomic E-state index is -1.48. The third-order valence-corrected chi connectivity index (χ3v) is 5.70. The summed E-state index contributed by atoms with van der Waals surface area (Å²) in [5, 5.41) is 0. The number of rotatable bonds is 13. The van der Waals surface area contributed by atoms with Gasteiger partial charge in [0.15, 0.2) is 5.72 Å². The lowest BCUT2D eigenvalue weighted by atomic mass is 9.96. The van der Waals surface area contributed by atoms with Crippen LogP contribution >= 0.6 is 0 Å². The normalized spacial score (nSPS) is 14.4. The first-order valence-electron chi connectivity index (χ1n) is 11.4. The predicted octanol–water partition coefficient (Wildman–Crippen LogP) is 3.82. The van der Waals surface area contributed by atoms with Crippen molar-refractivity contribution in [2.75, 3.05) is 20.8 Å². The van der Waals surface area contributed by atoms with Crippen LogP contribution in [0.4, 0.5) is 0 Å². The molecule has 3 unspecified atom stereocenters. The molecule has 3 atom stereocenters. The van der Waals surface area contributed by atoms with Crippen LogP contribution in [0.5, 0.6) is 11.5 Å². The Balaban J connectivity index is 2.07. The quantitative estimate of drug-likeness (QED) is 0.333. The van der Waals surface area contributed by atoms with E-state index in [9.17, 15) is 9.59 Å². The maximum Gasteiger partial charge on any atom is 0.310 e. The van der Waals surface area contributed by atoms with Crippen LogP contribution in [0.1, 0.15) is 56.7 Å². The molecule has 0 saturated heterocycles. The van der Waals surface area contributed by atoms with Gasteiger partial charge in [-0.1, -0.05) is 38.1 Å². The van der Waals surface area contributed by atoms with Crippen molar-refractivity contribution in [1.82, 2.24) is 0 Å². The molecule has 0 spiro atoms.